The topological polar surface area (TPSA) is 148 Å². The average Bonchev–Trinajstić information content (AvgIpc) is 2.70. The van der Waals surface area contributed by atoms with E-state index in [2.05, 4.69) is 10.6 Å². The highest BCUT2D eigenvalue weighted by Gasteiger charge is 2.43. The number of benzene rings is 1. The van der Waals surface area contributed by atoms with Gasteiger partial charge in [-0.15, -0.1) is 0 Å². The molecule has 9 heteroatoms. The number of amides is 2. The summed E-state index contributed by atoms with van der Waals surface area (Å²) in [4.78, 5) is 25.4. The Kier molecular flexibility index (Phi) is 6.74. The predicted molar refractivity (Wildman–Crippen MR) is 102 cm³/mol. The maximum Gasteiger partial charge on any atom is 0.251 e. The summed E-state index contributed by atoms with van der Waals surface area (Å²) in [6, 6.07) is 5.56. The highest BCUT2D eigenvalue weighted by Crippen LogP contribution is 2.27. The fourth-order valence-electron chi connectivity index (χ4n) is 3.93. The molecule has 0 bridgehead atoms. The van der Waals surface area contributed by atoms with Gasteiger partial charge >= 0.3 is 0 Å². The van der Waals surface area contributed by atoms with E-state index in [9.17, 15) is 30.0 Å². The number of phenols is 1. The molecule has 1 aliphatic heterocycles. The number of aliphatic hydroxyl groups excluding tert-OH is 3. The Morgan fingerprint density at radius 1 is 1.03 bits per heavy atom. The Morgan fingerprint density at radius 3 is 2.48 bits per heavy atom. The molecule has 3 rings (SSSR count). The van der Waals surface area contributed by atoms with Crippen molar-refractivity contribution >= 4 is 11.8 Å². The van der Waals surface area contributed by atoms with Crippen molar-refractivity contribution in [3.63, 3.8) is 0 Å². The third-order valence-corrected chi connectivity index (χ3v) is 5.66. The molecule has 0 unspecified atom stereocenters. The van der Waals surface area contributed by atoms with Gasteiger partial charge in [-0.1, -0.05) is 18.9 Å². The van der Waals surface area contributed by atoms with E-state index in [4.69, 9.17) is 4.74 Å². The van der Waals surface area contributed by atoms with Gasteiger partial charge in [0, 0.05) is 11.6 Å². The van der Waals surface area contributed by atoms with Gasteiger partial charge in [0.1, 0.15) is 24.1 Å². The van der Waals surface area contributed by atoms with Crippen LogP contribution in [0, 0.1) is 5.92 Å². The van der Waals surface area contributed by atoms with Crippen LogP contribution in [0.15, 0.2) is 24.3 Å². The number of ether oxygens (including phenoxy) is 1. The lowest BCUT2D eigenvalue weighted by molar-refractivity contribution is -0.225. The van der Waals surface area contributed by atoms with Gasteiger partial charge in [-0.25, -0.2) is 0 Å². The summed E-state index contributed by atoms with van der Waals surface area (Å²) in [5, 5.41) is 44.8. The number of hydrogen-bond acceptors (Lipinski definition) is 7. The van der Waals surface area contributed by atoms with E-state index < -0.39 is 48.5 Å². The number of aliphatic hydroxyl groups is 3. The van der Waals surface area contributed by atoms with Crippen LogP contribution < -0.4 is 10.6 Å². The lowest BCUT2D eigenvalue weighted by Gasteiger charge is -2.40. The number of rotatable bonds is 4. The first kappa shape index (κ1) is 21.5. The van der Waals surface area contributed by atoms with E-state index in [0.717, 1.165) is 12.8 Å². The molecule has 1 saturated heterocycles. The van der Waals surface area contributed by atoms with Gasteiger partial charge in [0.15, 0.2) is 6.23 Å². The van der Waals surface area contributed by atoms with Gasteiger partial charge in [-0.2, -0.15) is 0 Å². The van der Waals surface area contributed by atoms with E-state index in [-0.39, 0.29) is 11.7 Å². The predicted octanol–water partition coefficient (Wildman–Crippen LogP) is -0.376. The molecule has 1 heterocycles. The molecule has 0 spiro atoms. The first-order valence-electron chi connectivity index (χ1n) is 9.88. The molecule has 7 atom stereocenters. The maximum absolute atomic E-state index is 12.9. The first-order chi connectivity index (χ1) is 13.8. The van der Waals surface area contributed by atoms with Crippen molar-refractivity contribution in [3.8, 4) is 5.75 Å². The van der Waals surface area contributed by atoms with Crippen LogP contribution in [-0.4, -0.2) is 68.9 Å². The minimum atomic E-state index is -1.46. The smallest absolute Gasteiger partial charge is 0.251 e. The Balaban J connectivity index is 1.66. The van der Waals surface area contributed by atoms with Crippen LogP contribution in [0.4, 0.5) is 0 Å². The van der Waals surface area contributed by atoms with Crippen LogP contribution in [-0.2, 0) is 9.53 Å². The molecule has 160 valence electrons. The van der Waals surface area contributed by atoms with Gasteiger partial charge in [0.25, 0.3) is 5.91 Å². The standard InChI is InChI=1S/C20H28N2O7/c1-10-15(24)16(25)17(26)20(29-10)22-19(28)13-7-2-3-8-14(13)21-18(27)11-5-4-6-12(23)9-11/h4-6,9-10,13-17,20,23-26H,2-3,7-8H2,1H3,(H,21,27)(H,22,28)/t10-,13-,14-,15+,16+,17-,20+/m0/s1. The second-order valence-corrected chi connectivity index (χ2v) is 7.76. The summed E-state index contributed by atoms with van der Waals surface area (Å²) in [6.45, 7) is 1.54. The van der Waals surface area contributed by atoms with Crippen molar-refractivity contribution in [2.24, 2.45) is 5.92 Å². The van der Waals surface area contributed by atoms with Crippen LogP contribution in [0.5, 0.6) is 5.75 Å². The minimum absolute atomic E-state index is 0.0195. The summed E-state index contributed by atoms with van der Waals surface area (Å²) < 4.78 is 5.43. The monoisotopic (exact) mass is 408 g/mol. The van der Waals surface area contributed by atoms with E-state index in [1.807, 2.05) is 0 Å². The van der Waals surface area contributed by atoms with Crippen molar-refractivity contribution in [1.29, 1.82) is 0 Å². The maximum atomic E-state index is 12.9. The molecule has 2 aliphatic rings. The van der Waals surface area contributed by atoms with Crippen LogP contribution in [0.1, 0.15) is 43.0 Å². The molecule has 0 radical (unpaired) electrons. The largest absolute Gasteiger partial charge is 0.508 e. The molecule has 2 fully saturated rings. The SMILES string of the molecule is C[C@@H]1O[C@@H](NC(=O)[C@H]2CCCC[C@@H]2NC(=O)c2cccc(O)c2)[C@@H](O)[C@H](O)[C@@H]1O. The summed E-state index contributed by atoms with van der Waals surface area (Å²) in [6.07, 6.45) is -3.20. The summed E-state index contributed by atoms with van der Waals surface area (Å²) in [5.41, 5.74) is 0.298. The van der Waals surface area contributed by atoms with Crippen molar-refractivity contribution < 1.29 is 34.8 Å². The van der Waals surface area contributed by atoms with Crippen molar-refractivity contribution in [1.82, 2.24) is 10.6 Å². The fraction of sp³-hybridized carbons (Fsp3) is 0.600. The van der Waals surface area contributed by atoms with E-state index >= 15 is 0 Å². The van der Waals surface area contributed by atoms with Gasteiger partial charge < -0.3 is 35.8 Å². The Bertz CT molecular complexity index is 743. The number of carbonyl (C=O) groups is 2. The van der Waals surface area contributed by atoms with E-state index in [0.29, 0.717) is 18.4 Å². The van der Waals surface area contributed by atoms with E-state index in [1.54, 1.807) is 12.1 Å². The second-order valence-electron chi connectivity index (χ2n) is 7.76. The molecule has 1 aromatic carbocycles. The molecule has 1 aromatic rings. The highest BCUT2D eigenvalue weighted by molar-refractivity contribution is 5.95. The molecule has 0 aromatic heterocycles. The van der Waals surface area contributed by atoms with Crippen LogP contribution >= 0.6 is 0 Å². The van der Waals surface area contributed by atoms with Crippen LogP contribution in [0.2, 0.25) is 0 Å². The number of hydrogen-bond donors (Lipinski definition) is 6. The molecular formula is C20H28N2O7. The third-order valence-electron chi connectivity index (χ3n) is 5.66. The number of phenolic OH excluding ortho intramolecular Hbond substituents is 1. The molecule has 9 nitrogen and oxygen atoms in total. The van der Waals surface area contributed by atoms with Gasteiger partial charge in [-0.05, 0) is 38.0 Å². The zero-order valence-corrected chi connectivity index (χ0v) is 16.2. The number of carbonyl (C=O) groups excluding carboxylic acids is 2. The van der Waals surface area contributed by atoms with Gasteiger partial charge in [-0.3, -0.25) is 9.59 Å². The minimum Gasteiger partial charge on any atom is -0.508 e. The normalized spacial score (nSPS) is 35.0. The molecule has 29 heavy (non-hydrogen) atoms. The highest BCUT2D eigenvalue weighted by atomic mass is 16.5. The van der Waals surface area contributed by atoms with Gasteiger partial charge in [0.2, 0.25) is 5.91 Å². The Labute approximate surface area is 168 Å². The molecule has 2 amide bonds. The number of nitrogens with one attached hydrogen (secondary N) is 2. The lowest BCUT2D eigenvalue weighted by atomic mass is 9.83. The van der Waals surface area contributed by atoms with Crippen molar-refractivity contribution in [3.05, 3.63) is 29.8 Å². The van der Waals surface area contributed by atoms with Gasteiger partial charge in [0.05, 0.1) is 12.0 Å². The second kappa shape index (κ2) is 9.08. The number of aromatic hydroxyl groups is 1. The van der Waals surface area contributed by atoms with Crippen molar-refractivity contribution in [2.75, 3.05) is 0 Å². The molecule has 1 saturated carbocycles. The average molecular weight is 408 g/mol. The first-order valence-corrected chi connectivity index (χ1v) is 9.88. The zero-order valence-electron chi connectivity index (χ0n) is 16.2. The van der Waals surface area contributed by atoms with Crippen LogP contribution in [0.25, 0.3) is 0 Å². The molecule has 1 aliphatic carbocycles. The quantitative estimate of drug-likeness (QED) is 0.398. The van der Waals surface area contributed by atoms with E-state index in [1.165, 1.54) is 19.1 Å². The third kappa shape index (κ3) is 4.87. The summed E-state index contributed by atoms with van der Waals surface area (Å²) >= 11 is 0. The Hall–Kier alpha value is -2.20. The van der Waals surface area contributed by atoms with Crippen molar-refractivity contribution in [2.45, 2.75) is 69.3 Å². The summed E-state index contributed by atoms with van der Waals surface area (Å²) in [5.74, 6) is -1.33. The van der Waals surface area contributed by atoms with Crippen LogP contribution in [0.3, 0.4) is 0 Å². The Morgan fingerprint density at radius 2 is 1.76 bits per heavy atom. The zero-order chi connectivity index (χ0) is 21.1. The molecule has 6 N–H and O–H groups in total. The lowest BCUT2D eigenvalue weighted by Crippen LogP contribution is -2.63. The fourth-order valence-corrected chi connectivity index (χ4v) is 3.93. The molecular weight excluding hydrogens is 380 g/mol. The summed E-state index contributed by atoms with van der Waals surface area (Å²) in [7, 11) is 0.